The predicted octanol–water partition coefficient (Wildman–Crippen LogP) is 0.928. The van der Waals surface area contributed by atoms with E-state index in [4.69, 9.17) is 5.11 Å². The number of aliphatic hydroxyl groups excluding tert-OH is 1. The van der Waals surface area contributed by atoms with E-state index in [-0.39, 0.29) is 18.7 Å². The first kappa shape index (κ1) is 15.5. The Bertz CT molecular complexity index is 407. The average molecular weight is 265 g/mol. The first-order valence-corrected chi connectivity index (χ1v) is 6.39. The highest BCUT2D eigenvalue weighted by atomic mass is 16.3. The van der Waals surface area contributed by atoms with Gasteiger partial charge in [-0.25, -0.2) is 4.79 Å². The number of nitrogens with zero attached hydrogens (tertiary/aromatic N) is 1. The number of aliphatic hydroxyl groups is 1. The number of carbonyl (C=O) groups is 1. The van der Waals surface area contributed by atoms with E-state index in [0.29, 0.717) is 6.54 Å². The molecular weight excluding hydrogens is 242 g/mol. The lowest BCUT2D eigenvalue weighted by Crippen LogP contribution is -2.42. The second-order valence-corrected chi connectivity index (χ2v) is 4.92. The summed E-state index contributed by atoms with van der Waals surface area (Å²) in [4.78, 5) is 13.7. The van der Waals surface area contributed by atoms with Crippen molar-refractivity contribution in [1.82, 2.24) is 15.5 Å². The van der Waals surface area contributed by atoms with E-state index in [9.17, 15) is 4.79 Å². The Morgan fingerprint density at radius 3 is 2.53 bits per heavy atom. The summed E-state index contributed by atoms with van der Waals surface area (Å²) >= 11 is 0. The van der Waals surface area contributed by atoms with Crippen molar-refractivity contribution in [2.24, 2.45) is 0 Å². The van der Waals surface area contributed by atoms with E-state index < -0.39 is 0 Å². The lowest BCUT2D eigenvalue weighted by atomic mass is 10.1. The third kappa shape index (κ3) is 5.72. The molecule has 0 saturated heterocycles. The van der Waals surface area contributed by atoms with Gasteiger partial charge in [-0.1, -0.05) is 24.3 Å². The molecule has 0 spiro atoms. The zero-order valence-corrected chi connectivity index (χ0v) is 11.8. The van der Waals surface area contributed by atoms with Crippen molar-refractivity contribution < 1.29 is 9.90 Å². The van der Waals surface area contributed by atoms with Crippen LogP contribution in [0.2, 0.25) is 0 Å². The van der Waals surface area contributed by atoms with Gasteiger partial charge in [-0.3, -0.25) is 0 Å². The molecule has 5 heteroatoms. The zero-order chi connectivity index (χ0) is 14.3. The Hall–Kier alpha value is -1.59. The van der Waals surface area contributed by atoms with Crippen LogP contribution >= 0.6 is 0 Å². The van der Waals surface area contributed by atoms with E-state index in [1.165, 1.54) is 5.56 Å². The summed E-state index contributed by atoms with van der Waals surface area (Å²) in [5, 5.41) is 14.3. The van der Waals surface area contributed by atoms with Gasteiger partial charge >= 0.3 is 6.03 Å². The fourth-order valence-electron chi connectivity index (χ4n) is 1.72. The summed E-state index contributed by atoms with van der Waals surface area (Å²) in [6.07, 6.45) is 0. The summed E-state index contributed by atoms with van der Waals surface area (Å²) in [6.45, 7) is 3.00. The van der Waals surface area contributed by atoms with Crippen LogP contribution in [0.1, 0.15) is 18.1 Å². The van der Waals surface area contributed by atoms with Gasteiger partial charge in [0.25, 0.3) is 0 Å². The van der Waals surface area contributed by atoms with Crippen molar-refractivity contribution in [2.45, 2.75) is 26.1 Å². The topological polar surface area (TPSA) is 64.6 Å². The number of nitrogens with one attached hydrogen (secondary N) is 2. The molecule has 0 fully saturated rings. The Kier molecular flexibility index (Phi) is 6.32. The molecule has 106 valence electrons. The molecule has 0 saturated carbocycles. The van der Waals surface area contributed by atoms with Crippen molar-refractivity contribution in [3.63, 3.8) is 0 Å². The van der Waals surface area contributed by atoms with Gasteiger partial charge in [0.05, 0.1) is 12.6 Å². The van der Waals surface area contributed by atoms with Crippen LogP contribution in [0.5, 0.6) is 0 Å². The third-order valence-corrected chi connectivity index (χ3v) is 2.70. The van der Waals surface area contributed by atoms with Crippen molar-refractivity contribution in [2.75, 3.05) is 20.7 Å². The smallest absolute Gasteiger partial charge is 0.315 e. The maximum atomic E-state index is 11.6. The predicted molar refractivity (Wildman–Crippen MR) is 75.8 cm³/mol. The Morgan fingerprint density at radius 1 is 1.32 bits per heavy atom. The minimum Gasteiger partial charge on any atom is -0.394 e. The minimum absolute atomic E-state index is 0.0648. The van der Waals surface area contributed by atoms with Gasteiger partial charge in [-0.2, -0.15) is 0 Å². The maximum Gasteiger partial charge on any atom is 0.315 e. The Balaban J connectivity index is 2.55. The highest BCUT2D eigenvalue weighted by Gasteiger charge is 2.07. The van der Waals surface area contributed by atoms with Crippen LogP contribution in [0.15, 0.2) is 24.3 Å². The average Bonchev–Trinajstić information content (AvgIpc) is 2.37. The number of amides is 2. The van der Waals surface area contributed by atoms with Crippen LogP contribution < -0.4 is 10.6 Å². The van der Waals surface area contributed by atoms with Gasteiger partial charge in [0.2, 0.25) is 0 Å². The highest BCUT2D eigenvalue weighted by Crippen LogP contribution is 2.10. The van der Waals surface area contributed by atoms with E-state index in [2.05, 4.69) is 21.6 Å². The van der Waals surface area contributed by atoms with Crippen LogP contribution in [-0.4, -0.2) is 42.8 Å². The molecule has 5 nitrogen and oxygen atoms in total. The first-order valence-electron chi connectivity index (χ1n) is 6.39. The van der Waals surface area contributed by atoms with E-state index in [0.717, 1.165) is 12.1 Å². The molecule has 1 rings (SSSR count). The van der Waals surface area contributed by atoms with Gasteiger partial charge in [0, 0.05) is 13.1 Å². The number of hydrogen-bond acceptors (Lipinski definition) is 3. The SMILES string of the molecule is CC(CO)NC(=O)NCc1ccccc1CN(C)C. The summed E-state index contributed by atoms with van der Waals surface area (Å²) in [5.74, 6) is 0. The molecule has 0 radical (unpaired) electrons. The molecule has 0 bridgehead atoms. The van der Waals surface area contributed by atoms with Crippen molar-refractivity contribution in [3.05, 3.63) is 35.4 Å². The van der Waals surface area contributed by atoms with Crippen LogP contribution in [0.3, 0.4) is 0 Å². The number of carbonyl (C=O) groups excluding carboxylic acids is 1. The van der Waals surface area contributed by atoms with E-state index in [1.54, 1.807) is 6.92 Å². The van der Waals surface area contributed by atoms with Crippen LogP contribution in [0, 0.1) is 0 Å². The number of benzene rings is 1. The second-order valence-electron chi connectivity index (χ2n) is 4.92. The molecule has 0 aromatic heterocycles. The standard InChI is InChI=1S/C14H23N3O2/c1-11(10-18)16-14(19)15-8-12-6-4-5-7-13(12)9-17(2)3/h4-7,11,18H,8-10H2,1-3H3,(H2,15,16,19). The number of urea groups is 1. The zero-order valence-electron chi connectivity index (χ0n) is 11.8. The molecule has 0 aliphatic heterocycles. The van der Waals surface area contributed by atoms with Crippen molar-refractivity contribution in [1.29, 1.82) is 0 Å². The summed E-state index contributed by atoms with van der Waals surface area (Å²) < 4.78 is 0. The lowest BCUT2D eigenvalue weighted by Gasteiger charge is -2.16. The fourth-order valence-corrected chi connectivity index (χ4v) is 1.72. The van der Waals surface area contributed by atoms with Gasteiger partial charge in [0.1, 0.15) is 0 Å². The Labute approximate surface area is 114 Å². The van der Waals surface area contributed by atoms with Crippen LogP contribution in [0.25, 0.3) is 0 Å². The van der Waals surface area contributed by atoms with Gasteiger partial charge in [-0.05, 0) is 32.1 Å². The van der Waals surface area contributed by atoms with Crippen LogP contribution in [0.4, 0.5) is 4.79 Å². The molecule has 1 aromatic carbocycles. The molecule has 0 heterocycles. The maximum absolute atomic E-state index is 11.6. The molecule has 1 unspecified atom stereocenters. The van der Waals surface area contributed by atoms with Gasteiger partial charge in [0.15, 0.2) is 0 Å². The fraction of sp³-hybridized carbons (Fsp3) is 0.500. The number of rotatable bonds is 6. The molecule has 0 aliphatic carbocycles. The minimum atomic E-state index is -0.263. The van der Waals surface area contributed by atoms with Crippen molar-refractivity contribution >= 4 is 6.03 Å². The monoisotopic (exact) mass is 265 g/mol. The van der Waals surface area contributed by atoms with Gasteiger partial charge < -0.3 is 20.6 Å². The molecule has 2 amide bonds. The molecule has 0 aliphatic rings. The van der Waals surface area contributed by atoms with Gasteiger partial charge in [-0.15, -0.1) is 0 Å². The lowest BCUT2D eigenvalue weighted by molar-refractivity contribution is 0.220. The molecular formula is C14H23N3O2. The largest absolute Gasteiger partial charge is 0.394 e. The normalized spacial score (nSPS) is 12.3. The van der Waals surface area contributed by atoms with E-state index in [1.807, 2.05) is 32.3 Å². The summed E-state index contributed by atoms with van der Waals surface area (Å²) in [7, 11) is 4.03. The first-order chi connectivity index (χ1) is 9.02. The Morgan fingerprint density at radius 2 is 1.95 bits per heavy atom. The molecule has 1 atom stereocenters. The second kappa shape index (κ2) is 7.76. The summed E-state index contributed by atoms with van der Waals surface area (Å²) in [5.41, 5.74) is 2.30. The van der Waals surface area contributed by atoms with Crippen LogP contribution in [-0.2, 0) is 13.1 Å². The number of hydrogen-bond donors (Lipinski definition) is 3. The molecule has 19 heavy (non-hydrogen) atoms. The third-order valence-electron chi connectivity index (χ3n) is 2.70. The van der Waals surface area contributed by atoms with Crippen molar-refractivity contribution in [3.8, 4) is 0 Å². The molecule has 3 N–H and O–H groups in total. The highest BCUT2D eigenvalue weighted by molar-refractivity contribution is 5.74. The van der Waals surface area contributed by atoms with E-state index >= 15 is 0 Å². The summed E-state index contributed by atoms with van der Waals surface area (Å²) in [6, 6.07) is 7.53. The molecule has 1 aromatic rings. The quantitative estimate of drug-likeness (QED) is 0.717.